The molecule has 1 unspecified atom stereocenters. The Hall–Kier alpha value is -1.42. The van der Waals surface area contributed by atoms with Crippen LogP contribution >= 0.6 is 0 Å². The number of allylic oxidation sites excluding steroid dienone is 3. The van der Waals surface area contributed by atoms with Gasteiger partial charge >= 0.3 is 5.97 Å². The van der Waals surface area contributed by atoms with Crippen LogP contribution in [0.3, 0.4) is 0 Å². The van der Waals surface area contributed by atoms with Crippen LogP contribution in [0.5, 0.6) is 0 Å². The molecule has 4 heteroatoms. The van der Waals surface area contributed by atoms with Gasteiger partial charge in [-0.15, -0.1) is 0 Å². The second-order valence-electron chi connectivity index (χ2n) is 6.38. The average Bonchev–Trinajstić information content (AvgIpc) is 2.34. The van der Waals surface area contributed by atoms with E-state index in [9.17, 15) is 14.7 Å². The lowest BCUT2D eigenvalue weighted by molar-refractivity contribution is -0.156. The summed E-state index contributed by atoms with van der Waals surface area (Å²) in [6.45, 7) is 7.41. The maximum Gasteiger partial charge on any atom is 0.313 e. The van der Waals surface area contributed by atoms with Gasteiger partial charge in [0.25, 0.3) is 0 Å². The van der Waals surface area contributed by atoms with Crippen LogP contribution in [0.25, 0.3) is 0 Å². The lowest BCUT2D eigenvalue weighted by Crippen LogP contribution is -2.26. The lowest BCUT2D eigenvalue weighted by atomic mass is 10.1. The van der Waals surface area contributed by atoms with Gasteiger partial charge in [0.1, 0.15) is 17.8 Å². The summed E-state index contributed by atoms with van der Waals surface area (Å²) in [7, 11) is 0. The van der Waals surface area contributed by atoms with Crippen molar-refractivity contribution in [1.29, 1.82) is 0 Å². The molecule has 0 spiro atoms. The summed E-state index contributed by atoms with van der Waals surface area (Å²) in [6, 6.07) is 0. The smallest absolute Gasteiger partial charge is 0.313 e. The number of aliphatic hydroxyl groups is 1. The van der Waals surface area contributed by atoms with Crippen molar-refractivity contribution in [3.63, 3.8) is 0 Å². The van der Waals surface area contributed by atoms with Crippen LogP contribution in [0.1, 0.15) is 66.2 Å². The van der Waals surface area contributed by atoms with E-state index >= 15 is 0 Å². The molecule has 0 aliphatic carbocycles. The van der Waals surface area contributed by atoms with Gasteiger partial charge in [-0.25, -0.2) is 0 Å². The maximum absolute atomic E-state index is 11.6. The predicted molar refractivity (Wildman–Crippen MR) is 88.5 cm³/mol. The normalized spacial score (nSPS) is 13.7. The molecule has 0 saturated carbocycles. The molecule has 0 aliphatic rings. The van der Waals surface area contributed by atoms with Gasteiger partial charge < -0.3 is 9.84 Å². The summed E-state index contributed by atoms with van der Waals surface area (Å²) in [5.74, 6) is -0.872. The van der Waals surface area contributed by atoms with E-state index < -0.39 is 17.7 Å². The topological polar surface area (TPSA) is 63.6 Å². The van der Waals surface area contributed by atoms with Crippen LogP contribution in [-0.4, -0.2) is 28.6 Å². The first-order valence-corrected chi connectivity index (χ1v) is 7.99. The Morgan fingerprint density at radius 3 is 2.45 bits per heavy atom. The van der Waals surface area contributed by atoms with Crippen LogP contribution in [0.4, 0.5) is 0 Å². The maximum atomic E-state index is 11.6. The van der Waals surface area contributed by atoms with Crippen molar-refractivity contribution >= 4 is 11.8 Å². The van der Waals surface area contributed by atoms with E-state index in [2.05, 4.69) is 6.92 Å². The van der Waals surface area contributed by atoms with Gasteiger partial charge in [-0.05, 0) is 33.6 Å². The fourth-order valence-electron chi connectivity index (χ4n) is 1.79. The number of ketones is 1. The Morgan fingerprint density at radius 2 is 1.86 bits per heavy atom. The number of rotatable bonds is 10. The largest absolute Gasteiger partial charge is 0.460 e. The Kier molecular flexibility index (Phi) is 10.5. The van der Waals surface area contributed by atoms with E-state index in [1.807, 2.05) is 12.2 Å². The second kappa shape index (κ2) is 11.2. The summed E-state index contributed by atoms with van der Waals surface area (Å²) in [4.78, 5) is 23.1. The molecular weight excluding hydrogens is 280 g/mol. The number of carbonyl (C=O) groups excluding carboxylic acids is 2. The summed E-state index contributed by atoms with van der Waals surface area (Å²) >= 11 is 0. The minimum absolute atomic E-state index is 0.0700. The molecule has 0 amide bonds. The minimum Gasteiger partial charge on any atom is -0.460 e. The van der Waals surface area contributed by atoms with Crippen LogP contribution < -0.4 is 0 Å². The van der Waals surface area contributed by atoms with Gasteiger partial charge in [0, 0.05) is 6.42 Å². The predicted octanol–water partition coefficient (Wildman–Crippen LogP) is 3.73. The van der Waals surface area contributed by atoms with E-state index in [1.165, 1.54) is 12.8 Å². The van der Waals surface area contributed by atoms with E-state index in [0.717, 1.165) is 12.8 Å². The summed E-state index contributed by atoms with van der Waals surface area (Å²) in [5, 5.41) is 9.71. The van der Waals surface area contributed by atoms with Gasteiger partial charge in [0.2, 0.25) is 0 Å². The van der Waals surface area contributed by atoms with Crippen molar-refractivity contribution in [1.82, 2.24) is 0 Å². The van der Waals surface area contributed by atoms with Crippen molar-refractivity contribution in [2.45, 2.75) is 77.9 Å². The van der Waals surface area contributed by atoms with Gasteiger partial charge in [-0.2, -0.15) is 0 Å². The number of hydrogen-bond acceptors (Lipinski definition) is 4. The quantitative estimate of drug-likeness (QED) is 0.289. The third kappa shape index (κ3) is 13.6. The van der Waals surface area contributed by atoms with Gasteiger partial charge in [0.05, 0.1) is 6.10 Å². The Bertz CT molecular complexity index is 388. The zero-order chi connectivity index (χ0) is 17.0. The number of aliphatic hydroxyl groups excluding tert-OH is 1. The van der Waals surface area contributed by atoms with E-state index in [4.69, 9.17) is 4.74 Å². The van der Waals surface area contributed by atoms with E-state index in [0.29, 0.717) is 0 Å². The highest BCUT2D eigenvalue weighted by Gasteiger charge is 2.19. The number of hydrogen-bond donors (Lipinski definition) is 1. The molecule has 0 fully saturated rings. The summed E-state index contributed by atoms with van der Waals surface area (Å²) in [6.07, 6.45) is 10.6. The number of ether oxygens (including phenoxy) is 1. The monoisotopic (exact) mass is 310 g/mol. The molecule has 4 nitrogen and oxygen atoms in total. The highest BCUT2D eigenvalue weighted by Crippen LogP contribution is 2.09. The van der Waals surface area contributed by atoms with Crippen LogP contribution in [0.2, 0.25) is 0 Å². The van der Waals surface area contributed by atoms with Crippen LogP contribution in [0.15, 0.2) is 24.3 Å². The van der Waals surface area contributed by atoms with Crippen molar-refractivity contribution < 1.29 is 19.4 Å². The molecule has 126 valence electrons. The van der Waals surface area contributed by atoms with Crippen molar-refractivity contribution in [3.05, 3.63) is 24.3 Å². The third-order valence-corrected chi connectivity index (χ3v) is 2.75. The van der Waals surface area contributed by atoms with Gasteiger partial charge in [-0.3, -0.25) is 9.59 Å². The standard InChI is InChI=1S/C18H30O4/c1-5-6-7-8-9-10-11-12-15(19)13-16(20)14-17(21)22-18(2,3)4/h9-12,15,19H,5-8,13-14H2,1-4H3/b10-9+,12-11+. The minimum atomic E-state index is -0.866. The zero-order valence-electron chi connectivity index (χ0n) is 14.3. The molecule has 1 atom stereocenters. The molecule has 0 aromatic heterocycles. The first-order chi connectivity index (χ1) is 10.2. The average molecular weight is 310 g/mol. The number of carbonyl (C=O) groups is 2. The Morgan fingerprint density at radius 1 is 1.18 bits per heavy atom. The Balaban J connectivity index is 3.97. The molecule has 22 heavy (non-hydrogen) atoms. The number of Topliss-reactive ketones (excluding diaryl/α,β-unsaturated/α-hetero) is 1. The molecule has 0 aromatic rings. The first kappa shape index (κ1) is 20.6. The first-order valence-electron chi connectivity index (χ1n) is 7.99. The highest BCUT2D eigenvalue weighted by molar-refractivity contribution is 5.95. The Labute approximate surface area is 134 Å². The fraction of sp³-hybridized carbons (Fsp3) is 0.667. The zero-order valence-corrected chi connectivity index (χ0v) is 14.3. The molecule has 0 aliphatic heterocycles. The lowest BCUT2D eigenvalue weighted by Gasteiger charge is -2.19. The van der Waals surface area contributed by atoms with Crippen molar-refractivity contribution in [2.75, 3.05) is 0 Å². The third-order valence-electron chi connectivity index (χ3n) is 2.75. The molecule has 1 N–H and O–H groups in total. The molecule has 0 rings (SSSR count). The summed E-state index contributed by atoms with van der Waals surface area (Å²) in [5.41, 5.74) is -0.599. The molecule has 0 aromatic carbocycles. The number of esters is 1. The molecule has 0 saturated heterocycles. The van der Waals surface area contributed by atoms with E-state index in [-0.39, 0.29) is 18.6 Å². The van der Waals surface area contributed by atoms with Crippen LogP contribution in [0, 0.1) is 0 Å². The van der Waals surface area contributed by atoms with Gasteiger partial charge in [-0.1, -0.05) is 44.1 Å². The van der Waals surface area contributed by atoms with Crippen LogP contribution in [-0.2, 0) is 14.3 Å². The number of unbranched alkanes of at least 4 members (excludes halogenated alkanes) is 3. The van der Waals surface area contributed by atoms with Crippen molar-refractivity contribution in [3.8, 4) is 0 Å². The van der Waals surface area contributed by atoms with E-state index in [1.54, 1.807) is 32.9 Å². The molecule has 0 bridgehead atoms. The fourth-order valence-corrected chi connectivity index (χ4v) is 1.79. The van der Waals surface area contributed by atoms with Gasteiger partial charge in [0.15, 0.2) is 0 Å². The molecular formula is C18H30O4. The van der Waals surface area contributed by atoms with Crippen molar-refractivity contribution in [2.24, 2.45) is 0 Å². The SMILES string of the molecule is CCCCC/C=C/C=C/C(O)CC(=O)CC(=O)OC(C)(C)C. The summed E-state index contributed by atoms with van der Waals surface area (Å²) < 4.78 is 5.06. The highest BCUT2D eigenvalue weighted by atomic mass is 16.6. The second-order valence-corrected chi connectivity index (χ2v) is 6.38. The molecule has 0 heterocycles. The molecule has 0 radical (unpaired) electrons.